The molecule has 6 nitrogen and oxygen atoms in total. The molecule has 0 spiro atoms. The van der Waals surface area contributed by atoms with Crippen LogP contribution in [0.3, 0.4) is 0 Å². The van der Waals surface area contributed by atoms with Crippen molar-refractivity contribution in [3.63, 3.8) is 0 Å². The number of ether oxygens (including phenoxy) is 2. The summed E-state index contributed by atoms with van der Waals surface area (Å²) in [5.74, 6) is 2.06. The van der Waals surface area contributed by atoms with Gasteiger partial charge in [-0.2, -0.15) is 0 Å². The van der Waals surface area contributed by atoms with Crippen LogP contribution >= 0.6 is 0 Å². The van der Waals surface area contributed by atoms with Crippen molar-refractivity contribution in [1.82, 2.24) is 10.2 Å². The van der Waals surface area contributed by atoms with Crippen molar-refractivity contribution in [2.24, 2.45) is 5.92 Å². The van der Waals surface area contributed by atoms with Gasteiger partial charge in [0.15, 0.2) is 0 Å². The number of amides is 1. The van der Waals surface area contributed by atoms with E-state index in [0.717, 1.165) is 54.5 Å². The predicted octanol–water partition coefficient (Wildman–Crippen LogP) is 3.19. The van der Waals surface area contributed by atoms with E-state index in [2.05, 4.69) is 36.6 Å². The third-order valence-electron chi connectivity index (χ3n) is 6.98. The Kier molecular flexibility index (Phi) is 4.62. The van der Waals surface area contributed by atoms with Crippen LogP contribution < -0.4 is 20.1 Å². The van der Waals surface area contributed by atoms with Crippen LogP contribution in [0, 0.1) is 5.92 Å². The van der Waals surface area contributed by atoms with Crippen LogP contribution in [-0.4, -0.2) is 50.7 Å². The molecule has 3 aliphatic rings. The predicted molar refractivity (Wildman–Crippen MR) is 117 cm³/mol. The van der Waals surface area contributed by atoms with Crippen LogP contribution in [0.1, 0.15) is 41.4 Å². The van der Waals surface area contributed by atoms with E-state index in [4.69, 9.17) is 9.47 Å². The highest BCUT2D eigenvalue weighted by atomic mass is 16.5. The van der Waals surface area contributed by atoms with E-state index in [0.29, 0.717) is 6.61 Å². The number of hydrogen-bond donors (Lipinski definition) is 2. The summed E-state index contributed by atoms with van der Waals surface area (Å²) in [4.78, 5) is 15.0. The lowest BCUT2D eigenvalue weighted by atomic mass is 9.65. The average Bonchev–Trinajstić information content (AvgIpc) is 2.78. The van der Waals surface area contributed by atoms with Gasteiger partial charge in [0, 0.05) is 48.8 Å². The van der Waals surface area contributed by atoms with Gasteiger partial charge < -0.3 is 25.0 Å². The molecule has 0 aliphatic carbocycles. The largest absolute Gasteiger partial charge is 0.496 e. The van der Waals surface area contributed by atoms with Crippen molar-refractivity contribution in [3.05, 3.63) is 53.1 Å². The van der Waals surface area contributed by atoms with Crippen LogP contribution in [0.4, 0.5) is 5.69 Å². The molecule has 5 rings (SSSR count). The number of carbonyl (C=O) groups excluding carboxylic acids is 1. The quantitative estimate of drug-likeness (QED) is 0.801. The molecule has 3 aliphatic heterocycles. The molecule has 2 aromatic rings. The van der Waals surface area contributed by atoms with Crippen molar-refractivity contribution in [1.29, 1.82) is 0 Å². The standard InChI is InChI=1S/C24H29N3O3/c1-24(2)16-13-15(23(28)27-11-9-25-10-12-27)7-8-18(16)26-22-17(24)14-30-20-6-4-5-19(29-3)21(20)22/h4-8,13,17,22,25-26H,9-12,14H2,1-3H3/t17-,22-/m0/s1. The zero-order chi connectivity index (χ0) is 20.9. The fraction of sp³-hybridized carbons (Fsp3) is 0.458. The normalized spacial score (nSPS) is 23.9. The Morgan fingerprint density at radius 1 is 1.20 bits per heavy atom. The smallest absolute Gasteiger partial charge is 0.253 e. The van der Waals surface area contributed by atoms with Gasteiger partial charge in [-0.05, 0) is 35.9 Å². The molecule has 2 atom stereocenters. The summed E-state index contributed by atoms with van der Waals surface area (Å²) in [6.45, 7) is 8.36. The lowest BCUT2D eigenvalue weighted by Crippen LogP contribution is -2.47. The first-order chi connectivity index (χ1) is 14.5. The van der Waals surface area contributed by atoms with Gasteiger partial charge in [-0.15, -0.1) is 0 Å². The van der Waals surface area contributed by atoms with Crippen molar-refractivity contribution in [3.8, 4) is 11.5 Å². The molecule has 2 aromatic carbocycles. The van der Waals surface area contributed by atoms with E-state index >= 15 is 0 Å². The van der Waals surface area contributed by atoms with Gasteiger partial charge in [0.25, 0.3) is 5.91 Å². The van der Waals surface area contributed by atoms with Crippen LogP contribution in [0.2, 0.25) is 0 Å². The number of nitrogens with one attached hydrogen (secondary N) is 2. The summed E-state index contributed by atoms with van der Waals surface area (Å²) in [5, 5.41) is 7.04. The van der Waals surface area contributed by atoms with E-state index in [9.17, 15) is 4.79 Å². The topological polar surface area (TPSA) is 62.8 Å². The first-order valence-corrected chi connectivity index (χ1v) is 10.7. The Bertz CT molecular complexity index is 967. The van der Waals surface area contributed by atoms with Gasteiger partial charge in [-0.25, -0.2) is 0 Å². The minimum Gasteiger partial charge on any atom is -0.496 e. The second-order valence-corrected chi connectivity index (χ2v) is 8.94. The third kappa shape index (κ3) is 2.93. The van der Waals surface area contributed by atoms with Gasteiger partial charge in [-0.1, -0.05) is 19.9 Å². The summed E-state index contributed by atoms with van der Waals surface area (Å²) < 4.78 is 11.8. The third-order valence-corrected chi connectivity index (χ3v) is 6.98. The number of anilines is 1. The van der Waals surface area contributed by atoms with Crippen LogP contribution in [0.25, 0.3) is 0 Å². The van der Waals surface area contributed by atoms with Gasteiger partial charge in [0.05, 0.1) is 25.3 Å². The number of piperazine rings is 1. The Labute approximate surface area is 177 Å². The van der Waals surface area contributed by atoms with Crippen molar-refractivity contribution >= 4 is 11.6 Å². The Balaban J connectivity index is 1.53. The van der Waals surface area contributed by atoms with E-state index in [1.54, 1.807) is 7.11 Å². The summed E-state index contributed by atoms with van der Waals surface area (Å²) in [6, 6.07) is 12.2. The van der Waals surface area contributed by atoms with Crippen LogP contribution in [-0.2, 0) is 5.41 Å². The highest BCUT2D eigenvalue weighted by Crippen LogP contribution is 2.54. The Hall–Kier alpha value is -2.73. The summed E-state index contributed by atoms with van der Waals surface area (Å²) in [6.07, 6.45) is 0. The highest BCUT2D eigenvalue weighted by Gasteiger charge is 2.47. The second kappa shape index (κ2) is 7.20. The molecule has 6 heteroatoms. The fourth-order valence-corrected chi connectivity index (χ4v) is 5.16. The molecule has 0 saturated carbocycles. The zero-order valence-electron chi connectivity index (χ0n) is 17.8. The van der Waals surface area contributed by atoms with Gasteiger partial charge in [-0.3, -0.25) is 4.79 Å². The molecule has 0 radical (unpaired) electrons. The zero-order valence-corrected chi connectivity index (χ0v) is 17.8. The average molecular weight is 408 g/mol. The minimum atomic E-state index is -0.163. The van der Waals surface area contributed by atoms with Gasteiger partial charge in [0.2, 0.25) is 0 Å². The lowest BCUT2D eigenvalue weighted by molar-refractivity contribution is 0.0735. The maximum atomic E-state index is 13.1. The first kappa shape index (κ1) is 19.2. The van der Waals surface area contributed by atoms with Crippen molar-refractivity contribution in [2.45, 2.75) is 25.3 Å². The molecule has 0 unspecified atom stereocenters. The molecule has 158 valence electrons. The number of carbonyl (C=O) groups is 1. The fourth-order valence-electron chi connectivity index (χ4n) is 5.16. The number of benzene rings is 2. The molecule has 1 saturated heterocycles. The molecule has 0 bridgehead atoms. The van der Waals surface area contributed by atoms with Crippen molar-refractivity contribution < 1.29 is 14.3 Å². The van der Waals surface area contributed by atoms with Gasteiger partial charge >= 0.3 is 0 Å². The number of fused-ring (bicyclic) bond motifs is 4. The second-order valence-electron chi connectivity index (χ2n) is 8.94. The van der Waals surface area contributed by atoms with Gasteiger partial charge in [0.1, 0.15) is 11.5 Å². The monoisotopic (exact) mass is 407 g/mol. The highest BCUT2D eigenvalue weighted by molar-refractivity contribution is 5.95. The van der Waals surface area contributed by atoms with Crippen molar-refractivity contribution in [2.75, 3.05) is 45.2 Å². The lowest BCUT2D eigenvalue weighted by Gasteiger charge is -2.48. The Morgan fingerprint density at radius 2 is 2.00 bits per heavy atom. The molecular weight excluding hydrogens is 378 g/mol. The maximum Gasteiger partial charge on any atom is 0.253 e. The molecule has 0 aromatic heterocycles. The first-order valence-electron chi connectivity index (χ1n) is 10.7. The minimum absolute atomic E-state index is 0.0992. The molecular formula is C24H29N3O3. The maximum absolute atomic E-state index is 13.1. The molecule has 30 heavy (non-hydrogen) atoms. The summed E-state index contributed by atoms with van der Waals surface area (Å²) in [5.41, 5.74) is 3.93. The molecule has 2 N–H and O–H groups in total. The molecule has 3 heterocycles. The number of nitrogens with zero attached hydrogens (tertiary/aromatic N) is 1. The Morgan fingerprint density at radius 3 is 2.77 bits per heavy atom. The van der Waals surface area contributed by atoms with E-state index < -0.39 is 0 Å². The number of hydrogen-bond acceptors (Lipinski definition) is 5. The van der Waals surface area contributed by atoms with Crippen LogP contribution in [0.5, 0.6) is 11.5 Å². The van der Waals surface area contributed by atoms with Crippen LogP contribution in [0.15, 0.2) is 36.4 Å². The van der Waals surface area contributed by atoms with E-state index in [-0.39, 0.29) is 23.3 Å². The van der Waals surface area contributed by atoms with E-state index in [1.165, 1.54) is 5.56 Å². The summed E-state index contributed by atoms with van der Waals surface area (Å²) >= 11 is 0. The summed E-state index contributed by atoms with van der Waals surface area (Å²) in [7, 11) is 1.70. The van der Waals surface area contributed by atoms with E-state index in [1.807, 2.05) is 29.2 Å². The SMILES string of the molecule is COc1cccc2c1[C@H]1Nc3ccc(C(=O)N4CCNCC4)cc3C(C)(C)[C@H]1CO2. The molecule has 1 fully saturated rings. The number of methoxy groups -OCH3 is 1. The number of rotatable bonds is 2. The molecule has 1 amide bonds.